The van der Waals surface area contributed by atoms with E-state index in [9.17, 15) is 35.9 Å². The summed E-state index contributed by atoms with van der Waals surface area (Å²) in [4.78, 5) is 25.8. The Labute approximate surface area is 163 Å². The summed E-state index contributed by atoms with van der Waals surface area (Å²) in [7, 11) is 0. The van der Waals surface area contributed by atoms with Crippen LogP contribution in [0.3, 0.4) is 0 Å². The topological polar surface area (TPSA) is 78.9 Å². The summed E-state index contributed by atoms with van der Waals surface area (Å²) in [5, 5.41) is 2.73. The summed E-state index contributed by atoms with van der Waals surface area (Å²) in [5.41, 5.74) is -7.60. The molecule has 2 amide bonds. The molecule has 0 saturated heterocycles. The van der Waals surface area contributed by atoms with Crippen molar-refractivity contribution in [1.29, 1.82) is 0 Å². The number of amides is 2. The maximum atomic E-state index is 13.7. The molecule has 156 valence electrons. The molecule has 1 aromatic heterocycles. The van der Waals surface area contributed by atoms with E-state index in [2.05, 4.69) is 0 Å². The van der Waals surface area contributed by atoms with E-state index in [-0.39, 0.29) is 13.0 Å². The number of halogens is 6. The van der Waals surface area contributed by atoms with Crippen molar-refractivity contribution in [3.05, 3.63) is 56.6 Å². The Morgan fingerprint density at radius 2 is 1.59 bits per heavy atom. The summed E-state index contributed by atoms with van der Waals surface area (Å²) in [6.45, 7) is -0.186. The van der Waals surface area contributed by atoms with Crippen LogP contribution in [0.1, 0.15) is 11.1 Å². The summed E-state index contributed by atoms with van der Waals surface area (Å²) in [6.07, 6.45) is -11.9. The fraction of sp³-hybridized carbons (Fsp3) is 0.312. The zero-order valence-corrected chi connectivity index (χ0v) is 15.1. The van der Waals surface area contributed by atoms with Crippen LogP contribution in [0.2, 0.25) is 0 Å². The normalized spacial score (nSPS) is 16.0. The van der Waals surface area contributed by atoms with Crippen LogP contribution < -0.4 is 16.2 Å². The number of rotatable bonds is 3. The summed E-state index contributed by atoms with van der Waals surface area (Å²) in [5.74, 6) is -0.951. The van der Waals surface area contributed by atoms with Crippen LogP contribution in [0.15, 0.2) is 35.1 Å². The second-order valence-corrected chi connectivity index (χ2v) is 6.58. The van der Waals surface area contributed by atoms with Gasteiger partial charge in [-0.3, -0.25) is 15.1 Å². The van der Waals surface area contributed by atoms with Gasteiger partial charge in [0, 0.05) is 6.54 Å². The molecule has 6 nitrogen and oxygen atoms in total. The number of benzene rings is 1. The molecule has 0 bridgehead atoms. The average Bonchev–Trinajstić information content (AvgIpc) is 2.59. The smallest absolute Gasteiger partial charge is 0.312 e. The van der Waals surface area contributed by atoms with Crippen molar-refractivity contribution in [1.82, 2.24) is 14.9 Å². The lowest BCUT2D eigenvalue weighted by atomic mass is 9.87. The molecular formula is C16H12F6N4O2S. The Morgan fingerprint density at radius 1 is 1.00 bits per heavy atom. The van der Waals surface area contributed by atoms with Gasteiger partial charge in [-0.05, 0) is 24.2 Å². The maximum Gasteiger partial charge on any atom is 0.425 e. The van der Waals surface area contributed by atoms with Crippen molar-refractivity contribution in [2.45, 2.75) is 30.9 Å². The quantitative estimate of drug-likeness (QED) is 0.506. The van der Waals surface area contributed by atoms with Crippen molar-refractivity contribution < 1.29 is 31.1 Å². The van der Waals surface area contributed by atoms with Crippen molar-refractivity contribution in [2.24, 2.45) is 0 Å². The molecule has 2 heterocycles. The van der Waals surface area contributed by atoms with E-state index in [1.165, 1.54) is 0 Å². The molecule has 0 saturated carbocycles. The van der Waals surface area contributed by atoms with Gasteiger partial charge in [0.1, 0.15) is 11.4 Å². The van der Waals surface area contributed by atoms with Gasteiger partial charge in [0.15, 0.2) is 4.77 Å². The molecule has 1 aliphatic heterocycles. The van der Waals surface area contributed by atoms with Crippen LogP contribution in [-0.2, 0) is 18.5 Å². The first-order chi connectivity index (χ1) is 13.4. The lowest BCUT2D eigenvalue weighted by molar-refractivity contribution is -0.310. The van der Waals surface area contributed by atoms with Crippen molar-refractivity contribution in [2.75, 3.05) is 5.32 Å². The Balaban J connectivity index is 2.26. The van der Waals surface area contributed by atoms with Crippen LogP contribution in [0.25, 0.3) is 0 Å². The SMILES string of the molecule is O=C1Nc2c(c(=O)[nH]c(=S)n2CCc2ccccc2)C(C(F)(F)F)(C(F)(F)F)N1. The summed E-state index contributed by atoms with van der Waals surface area (Å²) in [6, 6.07) is 6.74. The van der Waals surface area contributed by atoms with Gasteiger partial charge in [-0.25, -0.2) is 4.79 Å². The van der Waals surface area contributed by atoms with Gasteiger partial charge in [0.05, 0.1) is 0 Å². The Morgan fingerprint density at radius 3 is 2.14 bits per heavy atom. The maximum absolute atomic E-state index is 13.7. The van der Waals surface area contributed by atoms with E-state index in [1.54, 1.807) is 30.3 Å². The minimum Gasteiger partial charge on any atom is -0.312 e. The van der Waals surface area contributed by atoms with Crippen LogP contribution >= 0.6 is 12.2 Å². The van der Waals surface area contributed by atoms with E-state index < -0.39 is 45.6 Å². The predicted octanol–water partition coefficient (Wildman–Crippen LogP) is 3.60. The van der Waals surface area contributed by atoms with Gasteiger partial charge in [0.2, 0.25) is 0 Å². The summed E-state index contributed by atoms with van der Waals surface area (Å²) >= 11 is 4.91. The number of aryl methyl sites for hydroxylation is 1. The predicted molar refractivity (Wildman–Crippen MR) is 92.0 cm³/mol. The second-order valence-electron chi connectivity index (χ2n) is 6.19. The fourth-order valence-corrected chi connectivity index (χ4v) is 3.38. The fourth-order valence-electron chi connectivity index (χ4n) is 3.11. The van der Waals surface area contributed by atoms with E-state index in [0.29, 0.717) is 5.56 Å². The van der Waals surface area contributed by atoms with Crippen molar-refractivity contribution in [3.63, 3.8) is 0 Å². The van der Waals surface area contributed by atoms with E-state index in [0.717, 1.165) is 9.88 Å². The first-order valence-electron chi connectivity index (χ1n) is 8.02. The molecule has 29 heavy (non-hydrogen) atoms. The van der Waals surface area contributed by atoms with Crippen LogP contribution in [-0.4, -0.2) is 27.9 Å². The molecule has 0 aliphatic carbocycles. The largest absolute Gasteiger partial charge is 0.425 e. The van der Waals surface area contributed by atoms with Gasteiger partial charge in [-0.2, -0.15) is 26.3 Å². The number of alkyl halides is 6. The number of nitrogens with one attached hydrogen (secondary N) is 3. The highest BCUT2D eigenvalue weighted by Crippen LogP contribution is 2.52. The number of aromatic amines is 1. The first kappa shape index (κ1) is 20.9. The van der Waals surface area contributed by atoms with Gasteiger partial charge in [-0.15, -0.1) is 0 Å². The Kier molecular flexibility index (Phi) is 4.97. The van der Waals surface area contributed by atoms with Gasteiger partial charge in [-0.1, -0.05) is 30.3 Å². The lowest BCUT2D eigenvalue weighted by Gasteiger charge is -2.41. The second kappa shape index (κ2) is 6.90. The third-order valence-electron chi connectivity index (χ3n) is 4.42. The standard InChI is InChI=1S/C16H12F6N4O2S/c17-15(18,19)14(16(20,21)22)9-10(23-12(28)25-14)26(13(29)24-11(9)27)7-6-8-4-2-1-3-5-8/h1-5H,6-7H2,(H2,23,25,28)(H,24,27,29). The van der Waals surface area contributed by atoms with Crippen molar-refractivity contribution in [3.8, 4) is 0 Å². The molecule has 1 aromatic carbocycles. The number of urea groups is 1. The molecule has 0 unspecified atom stereocenters. The average molecular weight is 438 g/mol. The zero-order valence-electron chi connectivity index (χ0n) is 14.2. The third-order valence-corrected chi connectivity index (χ3v) is 4.75. The number of carbonyl (C=O) groups excluding carboxylic acids is 1. The number of nitrogens with zero attached hydrogens (tertiary/aromatic N) is 1. The number of anilines is 1. The molecule has 3 rings (SSSR count). The van der Waals surface area contributed by atoms with E-state index >= 15 is 0 Å². The van der Waals surface area contributed by atoms with Crippen molar-refractivity contribution >= 4 is 24.1 Å². The van der Waals surface area contributed by atoms with Gasteiger partial charge >= 0.3 is 18.4 Å². The molecule has 0 atom stereocenters. The van der Waals surface area contributed by atoms with E-state index in [1.807, 2.05) is 10.3 Å². The first-order valence-corrected chi connectivity index (χ1v) is 8.43. The van der Waals surface area contributed by atoms with E-state index in [4.69, 9.17) is 12.2 Å². The highest BCUT2D eigenvalue weighted by molar-refractivity contribution is 7.71. The monoisotopic (exact) mass is 438 g/mol. The molecule has 0 spiro atoms. The lowest BCUT2D eigenvalue weighted by Crippen LogP contribution is -2.69. The molecule has 0 fully saturated rings. The van der Waals surface area contributed by atoms with Crippen LogP contribution in [0.4, 0.5) is 37.0 Å². The molecule has 2 aromatic rings. The number of hydrogen-bond acceptors (Lipinski definition) is 3. The zero-order chi connectivity index (χ0) is 21.6. The summed E-state index contributed by atoms with van der Waals surface area (Å²) < 4.78 is 82.4. The number of carbonyl (C=O) groups is 1. The number of fused-ring (bicyclic) bond motifs is 1. The molecule has 3 N–H and O–H groups in total. The minimum absolute atomic E-state index is 0.169. The highest BCUT2D eigenvalue weighted by Gasteiger charge is 2.76. The van der Waals surface area contributed by atoms with Crippen LogP contribution in [0, 0.1) is 4.77 Å². The van der Waals surface area contributed by atoms with Gasteiger partial charge < -0.3 is 9.88 Å². The molecule has 1 aliphatic rings. The number of hydrogen-bond donors (Lipinski definition) is 3. The molecule has 13 heteroatoms. The molecule has 0 radical (unpaired) electrons. The number of H-pyrrole nitrogens is 1. The molecular weight excluding hydrogens is 426 g/mol. The minimum atomic E-state index is -6.05. The third kappa shape index (κ3) is 3.39. The number of aromatic nitrogens is 2. The Bertz CT molecular complexity index is 1040. The van der Waals surface area contributed by atoms with Crippen LogP contribution in [0.5, 0.6) is 0 Å². The highest BCUT2D eigenvalue weighted by atomic mass is 32.1. The Hall–Kier alpha value is -2.83. The van der Waals surface area contributed by atoms with Gasteiger partial charge in [0.25, 0.3) is 11.1 Å².